The van der Waals surface area contributed by atoms with E-state index in [4.69, 9.17) is 0 Å². The molecule has 1 aliphatic rings. The first-order valence-electron chi connectivity index (χ1n) is 9.22. The Hall–Kier alpha value is -3.48. The number of nitrogens with zero attached hydrogens (tertiary/aromatic N) is 4. The van der Waals surface area contributed by atoms with E-state index in [1.807, 2.05) is 48.2 Å². The van der Waals surface area contributed by atoms with E-state index in [-0.39, 0.29) is 11.5 Å². The van der Waals surface area contributed by atoms with Crippen LogP contribution in [-0.2, 0) is 19.5 Å². The number of fused-ring (bicyclic) bond motifs is 1. The molecule has 28 heavy (non-hydrogen) atoms. The van der Waals surface area contributed by atoms with E-state index in [1.54, 1.807) is 0 Å². The van der Waals surface area contributed by atoms with Crippen LogP contribution in [0.25, 0.3) is 0 Å². The van der Waals surface area contributed by atoms with Gasteiger partial charge < -0.3 is 10.2 Å². The van der Waals surface area contributed by atoms with Gasteiger partial charge in [0.1, 0.15) is 6.33 Å². The first-order chi connectivity index (χ1) is 13.6. The fourth-order valence-corrected chi connectivity index (χ4v) is 3.47. The highest BCUT2D eigenvalue weighted by atomic mass is 16.6. The summed E-state index contributed by atoms with van der Waals surface area (Å²) >= 11 is 0. The second-order valence-corrected chi connectivity index (χ2v) is 6.93. The van der Waals surface area contributed by atoms with Crippen LogP contribution in [0.3, 0.4) is 0 Å². The molecule has 0 unspecified atom stereocenters. The first-order valence-corrected chi connectivity index (χ1v) is 9.22. The minimum Gasteiger partial charge on any atom is -0.360 e. The third-order valence-electron chi connectivity index (χ3n) is 5.00. The van der Waals surface area contributed by atoms with Gasteiger partial charge in [0.15, 0.2) is 0 Å². The lowest BCUT2D eigenvalue weighted by Crippen LogP contribution is -2.31. The van der Waals surface area contributed by atoms with Gasteiger partial charge in [-0.25, -0.2) is 9.97 Å². The monoisotopic (exact) mass is 375 g/mol. The predicted molar refractivity (Wildman–Crippen MR) is 108 cm³/mol. The van der Waals surface area contributed by atoms with Crippen molar-refractivity contribution in [2.75, 3.05) is 16.8 Å². The summed E-state index contributed by atoms with van der Waals surface area (Å²) in [6.45, 7) is 3.77. The van der Waals surface area contributed by atoms with Crippen LogP contribution >= 0.6 is 0 Å². The van der Waals surface area contributed by atoms with Crippen LogP contribution in [-0.4, -0.2) is 21.4 Å². The highest BCUT2D eigenvalue weighted by molar-refractivity contribution is 5.70. The van der Waals surface area contributed by atoms with Gasteiger partial charge in [-0.3, -0.25) is 10.1 Å². The third kappa shape index (κ3) is 3.64. The van der Waals surface area contributed by atoms with Crippen molar-refractivity contribution in [1.29, 1.82) is 0 Å². The molecule has 3 aromatic rings. The molecule has 2 aromatic carbocycles. The maximum atomic E-state index is 11.8. The van der Waals surface area contributed by atoms with Crippen molar-refractivity contribution in [3.05, 3.63) is 87.2 Å². The Bertz CT molecular complexity index is 1000. The fraction of sp³-hybridized carbons (Fsp3) is 0.238. The molecule has 0 bridgehead atoms. The summed E-state index contributed by atoms with van der Waals surface area (Å²) in [4.78, 5) is 21.8. The second kappa shape index (κ2) is 7.64. The van der Waals surface area contributed by atoms with Crippen LogP contribution in [0.2, 0.25) is 0 Å². The topological polar surface area (TPSA) is 84.2 Å². The molecule has 0 fully saturated rings. The summed E-state index contributed by atoms with van der Waals surface area (Å²) in [7, 11) is 0. The number of nitrogens with one attached hydrogen (secondary N) is 1. The Morgan fingerprint density at radius 2 is 1.86 bits per heavy atom. The Kier molecular flexibility index (Phi) is 4.89. The number of anilines is 2. The van der Waals surface area contributed by atoms with Crippen molar-refractivity contribution in [1.82, 2.24) is 9.97 Å². The van der Waals surface area contributed by atoms with Crippen LogP contribution in [0.15, 0.2) is 54.9 Å². The molecule has 1 N–H and O–H groups in total. The molecule has 0 amide bonds. The lowest BCUT2D eigenvalue weighted by molar-refractivity contribution is -0.383. The van der Waals surface area contributed by atoms with Gasteiger partial charge in [0.2, 0.25) is 11.6 Å². The molecule has 0 radical (unpaired) electrons. The van der Waals surface area contributed by atoms with Gasteiger partial charge in [-0.05, 0) is 30.0 Å². The normalized spacial score (nSPS) is 13.1. The van der Waals surface area contributed by atoms with Crippen LogP contribution in [0.5, 0.6) is 0 Å². The van der Waals surface area contributed by atoms with Crippen molar-refractivity contribution in [2.24, 2.45) is 0 Å². The molecule has 0 aliphatic carbocycles. The number of aryl methyl sites for hydroxylation is 1. The SMILES string of the molecule is Cc1ccc(CNc2ncnc(N3CCc4ccccc4C3)c2[N+](=O)[O-])cc1. The Labute approximate surface area is 163 Å². The van der Waals surface area contributed by atoms with Crippen molar-refractivity contribution in [3.63, 3.8) is 0 Å². The fourth-order valence-electron chi connectivity index (χ4n) is 3.47. The van der Waals surface area contributed by atoms with E-state index in [2.05, 4.69) is 27.4 Å². The first kappa shape index (κ1) is 17.9. The van der Waals surface area contributed by atoms with Gasteiger partial charge in [0.05, 0.1) is 4.92 Å². The molecule has 1 aliphatic heterocycles. The van der Waals surface area contributed by atoms with Gasteiger partial charge in [0.25, 0.3) is 0 Å². The van der Waals surface area contributed by atoms with Crippen molar-refractivity contribution in [2.45, 2.75) is 26.4 Å². The summed E-state index contributed by atoms with van der Waals surface area (Å²) in [6, 6.07) is 16.2. The number of benzene rings is 2. The maximum Gasteiger partial charge on any atom is 0.353 e. The van der Waals surface area contributed by atoms with E-state index in [1.165, 1.54) is 23.0 Å². The van der Waals surface area contributed by atoms with E-state index in [0.29, 0.717) is 25.5 Å². The summed E-state index contributed by atoms with van der Waals surface area (Å²) in [5, 5.41) is 15.0. The zero-order valence-electron chi connectivity index (χ0n) is 15.6. The van der Waals surface area contributed by atoms with E-state index < -0.39 is 4.92 Å². The average Bonchev–Trinajstić information content (AvgIpc) is 2.72. The molecule has 0 atom stereocenters. The zero-order valence-corrected chi connectivity index (χ0v) is 15.6. The van der Waals surface area contributed by atoms with Crippen LogP contribution < -0.4 is 10.2 Å². The number of hydrogen-bond donors (Lipinski definition) is 1. The van der Waals surface area contributed by atoms with Crippen molar-refractivity contribution in [3.8, 4) is 0 Å². The van der Waals surface area contributed by atoms with Crippen molar-refractivity contribution >= 4 is 17.3 Å². The van der Waals surface area contributed by atoms with E-state index >= 15 is 0 Å². The highest BCUT2D eigenvalue weighted by Crippen LogP contribution is 2.34. The molecule has 7 nitrogen and oxygen atoms in total. The molecule has 0 saturated heterocycles. The highest BCUT2D eigenvalue weighted by Gasteiger charge is 2.29. The maximum absolute atomic E-state index is 11.8. The summed E-state index contributed by atoms with van der Waals surface area (Å²) < 4.78 is 0. The second-order valence-electron chi connectivity index (χ2n) is 6.93. The van der Waals surface area contributed by atoms with Crippen LogP contribution in [0.4, 0.5) is 17.3 Å². The van der Waals surface area contributed by atoms with Gasteiger partial charge in [-0.2, -0.15) is 0 Å². The zero-order chi connectivity index (χ0) is 19.5. The molecule has 2 heterocycles. The molecular formula is C21H21N5O2. The molecule has 4 rings (SSSR count). The molecular weight excluding hydrogens is 354 g/mol. The lowest BCUT2D eigenvalue weighted by Gasteiger charge is -2.29. The molecule has 0 spiro atoms. The van der Waals surface area contributed by atoms with Gasteiger partial charge in [-0.1, -0.05) is 54.1 Å². The number of aromatic nitrogens is 2. The molecule has 142 valence electrons. The lowest BCUT2D eigenvalue weighted by atomic mass is 10.00. The Balaban J connectivity index is 1.61. The summed E-state index contributed by atoms with van der Waals surface area (Å²) in [5.74, 6) is 0.607. The molecule has 7 heteroatoms. The van der Waals surface area contributed by atoms with Gasteiger partial charge in [-0.15, -0.1) is 0 Å². The van der Waals surface area contributed by atoms with E-state index in [9.17, 15) is 10.1 Å². The molecule has 1 aromatic heterocycles. The summed E-state index contributed by atoms with van der Waals surface area (Å²) in [5.41, 5.74) is 4.59. The van der Waals surface area contributed by atoms with Crippen LogP contribution in [0.1, 0.15) is 22.3 Å². The third-order valence-corrected chi connectivity index (χ3v) is 5.00. The Morgan fingerprint density at radius 3 is 2.61 bits per heavy atom. The number of nitro groups is 1. The number of hydrogen-bond acceptors (Lipinski definition) is 6. The standard InChI is InChI=1S/C21H21N5O2/c1-15-6-8-16(9-7-15)12-22-20-19(26(27)28)21(24-14-23-20)25-11-10-17-4-2-3-5-18(17)13-25/h2-9,14H,10-13H2,1H3,(H,22,23,24). The van der Waals surface area contributed by atoms with Gasteiger partial charge >= 0.3 is 5.69 Å². The van der Waals surface area contributed by atoms with E-state index in [0.717, 1.165) is 12.0 Å². The largest absolute Gasteiger partial charge is 0.360 e. The van der Waals surface area contributed by atoms with Gasteiger partial charge in [0, 0.05) is 19.6 Å². The van der Waals surface area contributed by atoms with Crippen LogP contribution in [0, 0.1) is 17.0 Å². The average molecular weight is 375 g/mol. The minimum atomic E-state index is -0.396. The predicted octanol–water partition coefficient (Wildman–Crippen LogP) is 3.87. The number of rotatable bonds is 5. The summed E-state index contributed by atoms with van der Waals surface area (Å²) in [6.07, 6.45) is 2.23. The minimum absolute atomic E-state index is 0.0750. The smallest absolute Gasteiger partial charge is 0.353 e. The quantitative estimate of drug-likeness (QED) is 0.538. The molecule has 0 saturated carbocycles. The van der Waals surface area contributed by atoms with Crippen molar-refractivity contribution < 1.29 is 4.92 Å². The Morgan fingerprint density at radius 1 is 1.11 bits per heavy atom.